The highest BCUT2D eigenvalue weighted by atomic mass is 16.3. The van der Waals surface area contributed by atoms with Crippen LogP contribution in [0.15, 0.2) is 18.2 Å². The number of piperidine rings is 1. The molecule has 0 radical (unpaired) electrons. The van der Waals surface area contributed by atoms with Crippen molar-refractivity contribution in [3.63, 3.8) is 0 Å². The molecule has 1 fully saturated rings. The van der Waals surface area contributed by atoms with Crippen LogP contribution < -0.4 is 5.73 Å². The molecule has 2 unspecified atom stereocenters. The van der Waals surface area contributed by atoms with Gasteiger partial charge in [-0.15, -0.1) is 0 Å². The molecule has 3 N–H and O–H groups in total. The van der Waals surface area contributed by atoms with E-state index in [0.717, 1.165) is 31.4 Å². The molecule has 104 valence electrons. The summed E-state index contributed by atoms with van der Waals surface area (Å²) in [6.07, 6.45) is 3.05. The van der Waals surface area contributed by atoms with Crippen LogP contribution in [0.2, 0.25) is 0 Å². The summed E-state index contributed by atoms with van der Waals surface area (Å²) in [7, 11) is 0. The number of amides is 1. The summed E-state index contributed by atoms with van der Waals surface area (Å²) < 4.78 is 0. The van der Waals surface area contributed by atoms with Crippen molar-refractivity contribution in [2.45, 2.75) is 45.2 Å². The van der Waals surface area contributed by atoms with Crippen LogP contribution in [-0.2, 0) is 0 Å². The van der Waals surface area contributed by atoms with E-state index in [1.165, 1.54) is 0 Å². The Kier molecular flexibility index (Phi) is 4.10. The number of hydrogen-bond acceptors (Lipinski definition) is 3. The molecular formula is C15H22N2O2. The van der Waals surface area contributed by atoms with E-state index < -0.39 is 0 Å². The summed E-state index contributed by atoms with van der Waals surface area (Å²) in [6.45, 7) is 4.54. The van der Waals surface area contributed by atoms with Gasteiger partial charge in [0.25, 0.3) is 5.91 Å². The van der Waals surface area contributed by atoms with Gasteiger partial charge in [-0.2, -0.15) is 0 Å². The largest absolute Gasteiger partial charge is 0.507 e. The number of hydrogen-bond donors (Lipinski definition) is 2. The van der Waals surface area contributed by atoms with Gasteiger partial charge in [0.2, 0.25) is 0 Å². The SMILES string of the molecule is Cc1ccc(C(=O)N2CCCCC2C(C)N)c(O)c1. The number of nitrogens with zero attached hydrogens (tertiary/aromatic N) is 1. The highest BCUT2D eigenvalue weighted by Gasteiger charge is 2.30. The Morgan fingerprint density at radius 1 is 1.47 bits per heavy atom. The Morgan fingerprint density at radius 3 is 2.84 bits per heavy atom. The molecule has 0 saturated carbocycles. The standard InChI is InChI=1S/C15H22N2O2/c1-10-6-7-12(14(18)9-10)15(19)17-8-4-3-5-13(17)11(2)16/h6-7,9,11,13,18H,3-5,8,16H2,1-2H3. The van der Waals surface area contributed by atoms with Gasteiger partial charge >= 0.3 is 0 Å². The number of carbonyl (C=O) groups is 1. The fourth-order valence-corrected chi connectivity index (χ4v) is 2.73. The third-order valence-corrected chi connectivity index (χ3v) is 3.80. The molecule has 2 rings (SSSR count). The van der Waals surface area contributed by atoms with Crippen molar-refractivity contribution in [2.24, 2.45) is 5.73 Å². The van der Waals surface area contributed by atoms with Gasteiger partial charge in [0.15, 0.2) is 0 Å². The topological polar surface area (TPSA) is 66.6 Å². The van der Waals surface area contributed by atoms with E-state index in [1.807, 2.05) is 24.8 Å². The van der Waals surface area contributed by atoms with Crippen molar-refractivity contribution >= 4 is 5.91 Å². The van der Waals surface area contributed by atoms with Crippen LogP contribution in [0.4, 0.5) is 0 Å². The summed E-state index contributed by atoms with van der Waals surface area (Å²) >= 11 is 0. The second kappa shape index (κ2) is 5.61. The molecule has 0 bridgehead atoms. The molecule has 1 aliphatic rings. The van der Waals surface area contributed by atoms with Crippen molar-refractivity contribution in [3.8, 4) is 5.75 Å². The molecule has 4 nitrogen and oxygen atoms in total. The average Bonchev–Trinajstić information content (AvgIpc) is 2.38. The van der Waals surface area contributed by atoms with Crippen molar-refractivity contribution in [1.29, 1.82) is 0 Å². The van der Waals surface area contributed by atoms with Gasteiger partial charge in [-0.25, -0.2) is 0 Å². The number of aryl methyl sites for hydroxylation is 1. The second-order valence-corrected chi connectivity index (χ2v) is 5.44. The summed E-state index contributed by atoms with van der Waals surface area (Å²) in [4.78, 5) is 14.4. The minimum atomic E-state index is -0.112. The third kappa shape index (κ3) is 2.89. The molecule has 1 aliphatic heterocycles. The van der Waals surface area contributed by atoms with E-state index in [9.17, 15) is 9.90 Å². The highest BCUT2D eigenvalue weighted by Crippen LogP contribution is 2.25. The van der Waals surface area contributed by atoms with E-state index in [2.05, 4.69) is 0 Å². The van der Waals surface area contributed by atoms with Crippen molar-refractivity contribution in [2.75, 3.05) is 6.54 Å². The minimum absolute atomic E-state index is 0.0446. The average molecular weight is 262 g/mol. The molecule has 1 saturated heterocycles. The van der Waals surface area contributed by atoms with Crippen LogP contribution in [0.1, 0.15) is 42.1 Å². The molecule has 4 heteroatoms. The number of aromatic hydroxyl groups is 1. The first-order valence-corrected chi connectivity index (χ1v) is 6.87. The Balaban J connectivity index is 2.26. The third-order valence-electron chi connectivity index (χ3n) is 3.80. The minimum Gasteiger partial charge on any atom is -0.507 e. The molecular weight excluding hydrogens is 240 g/mol. The van der Waals surface area contributed by atoms with E-state index in [4.69, 9.17) is 5.73 Å². The number of benzene rings is 1. The van der Waals surface area contributed by atoms with Gasteiger partial charge in [-0.1, -0.05) is 6.07 Å². The van der Waals surface area contributed by atoms with Gasteiger partial charge in [0.1, 0.15) is 5.75 Å². The summed E-state index contributed by atoms with van der Waals surface area (Å²) in [6, 6.07) is 5.19. The van der Waals surface area contributed by atoms with E-state index >= 15 is 0 Å². The molecule has 19 heavy (non-hydrogen) atoms. The lowest BCUT2D eigenvalue weighted by atomic mass is 9.95. The van der Waals surface area contributed by atoms with Crippen molar-refractivity contribution in [1.82, 2.24) is 4.90 Å². The van der Waals surface area contributed by atoms with Crippen molar-refractivity contribution in [3.05, 3.63) is 29.3 Å². The Morgan fingerprint density at radius 2 is 2.21 bits per heavy atom. The van der Waals surface area contributed by atoms with Crippen LogP contribution in [0, 0.1) is 6.92 Å². The first kappa shape index (κ1) is 13.9. The quantitative estimate of drug-likeness (QED) is 0.857. The fraction of sp³-hybridized carbons (Fsp3) is 0.533. The molecule has 1 aromatic rings. The van der Waals surface area contributed by atoms with E-state index in [-0.39, 0.29) is 23.7 Å². The zero-order chi connectivity index (χ0) is 14.0. The summed E-state index contributed by atoms with van der Waals surface area (Å²) in [5.74, 6) is -0.0569. The van der Waals surface area contributed by atoms with E-state index in [1.54, 1.807) is 12.1 Å². The fourth-order valence-electron chi connectivity index (χ4n) is 2.73. The van der Waals surface area contributed by atoms with Gasteiger partial charge in [0, 0.05) is 18.6 Å². The normalized spacial score (nSPS) is 21.2. The molecule has 1 amide bonds. The van der Waals surface area contributed by atoms with E-state index in [0.29, 0.717) is 5.56 Å². The number of phenolic OH excluding ortho intramolecular Hbond substituents is 1. The Bertz CT molecular complexity index is 471. The summed E-state index contributed by atoms with van der Waals surface area (Å²) in [5.41, 5.74) is 7.29. The lowest BCUT2D eigenvalue weighted by Gasteiger charge is -2.38. The maximum atomic E-state index is 12.6. The molecule has 1 heterocycles. The predicted molar refractivity (Wildman–Crippen MR) is 75.2 cm³/mol. The zero-order valence-electron chi connectivity index (χ0n) is 11.6. The first-order valence-electron chi connectivity index (χ1n) is 6.87. The molecule has 0 aliphatic carbocycles. The van der Waals surface area contributed by atoms with Gasteiger partial charge < -0.3 is 15.7 Å². The lowest BCUT2D eigenvalue weighted by Crippen LogP contribution is -2.51. The number of nitrogens with two attached hydrogens (primary N) is 1. The van der Waals surface area contributed by atoms with Crippen LogP contribution in [0.25, 0.3) is 0 Å². The smallest absolute Gasteiger partial charge is 0.257 e. The second-order valence-electron chi connectivity index (χ2n) is 5.44. The van der Waals surface area contributed by atoms with Gasteiger partial charge in [-0.3, -0.25) is 4.79 Å². The van der Waals surface area contributed by atoms with Gasteiger partial charge in [-0.05, 0) is 50.8 Å². The zero-order valence-corrected chi connectivity index (χ0v) is 11.6. The highest BCUT2D eigenvalue weighted by molar-refractivity contribution is 5.97. The van der Waals surface area contributed by atoms with Gasteiger partial charge in [0.05, 0.1) is 5.56 Å². The maximum Gasteiger partial charge on any atom is 0.257 e. The summed E-state index contributed by atoms with van der Waals surface area (Å²) in [5, 5.41) is 9.94. The van der Waals surface area contributed by atoms with Crippen LogP contribution in [-0.4, -0.2) is 34.5 Å². The predicted octanol–water partition coefficient (Wildman–Crippen LogP) is 2.04. The monoisotopic (exact) mass is 262 g/mol. The lowest BCUT2D eigenvalue weighted by molar-refractivity contribution is 0.0581. The Hall–Kier alpha value is -1.55. The number of rotatable bonds is 2. The Labute approximate surface area is 114 Å². The van der Waals surface area contributed by atoms with Crippen LogP contribution in [0.3, 0.4) is 0 Å². The molecule has 0 spiro atoms. The molecule has 2 atom stereocenters. The molecule has 0 aromatic heterocycles. The van der Waals surface area contributed by atoms with Crippen molar-refractivity contribution < 1.29 is 9.90 Å². The number of phenols is 1. The van der Waals surface area contributed by atoms with Crippen LogP contribution >= 0.6 is 0 Å². The van der Waals surface area contributed by atoms with Crippen LogP contribution in [0.5, 0.6) is 5.75 Å². The number of carbonyl (C=O) groups excluding carboxylic acids is 1. The first-order chi connectivity index (χ1) is 9.00. The number of likely N-dealkylation sites (tertiary alicyclic amines) is 1. The maximum absolute atomic E-state index is 12.6. The molecule has 1 aromatic carbocycles.